The van der Waals surface area contributed by atoms with Gasteiger partial charge in [0, 0.05) is 34.9 Å². The SMILES string of the molecule is CCOC(=O)c1cnc2ccc(Cl)cc2c1Nc1ccc(NC(C)=O)cc1. The first-order chi connectivity index (χ1) is 13.0. The van der Waals surface area contributed by atoms with Gasteiger partial charge in [0.15, 0.2) is 0 Å². The normalized spacial score (nSPS) is 10.5. The van der Waals surface area contributed by atoms with E-state index in [0.717, 1.165) is 5.69 Å². The fourth-order valence-electron chi connectivity index (χ4n) is 2.65. The Morgan fingerprint density at radius 1 is 1.11 bits per heavy atom. The molecule has 1 heterocycles. The summed E-state index contributed by atoms with van der Waals surface area (Å²) in [4.78, 5) is 27.9. The van der Waals surface area contributed by atoms with Crippen molar-refractivity contribution in [2.24, 2.45) is 0 Å². The second-order valence-electron chi connectivity index (χ2n) is 5.81. The highest BCUT2D eigenvalue weighted by Gasteiger charge is 2.17. The van der Waals surface area contributed by atoms with E-state index in [0.29, 0.717) is 32.9 Å². The molecule has 0 radical (unpaired) electrons. The van der Waals surface area contributed by atoms with Crippen molar-refractivity contribution in [3.05, 3.63) is 59.2 Å². The molecular weight excluding hydrogens is 366 g/mol. The minimum atomic E-state index is -0.468. The predicted octanol–water partition coefficient (Wildman–Crippen LogP) is 4.77. The van der Waals surface area contributed by atoms with E-state index in [1.807, 2.05) is 0 Å². The Balaban J connectivity index is 2.04. The number of carbonyl (C=O) groups excluding carboxylic acids is 2. The molecule has 2 N–H and O–H groups in total. The fourth-order valence-corrected chi connectivity index (χ4v) is 2.82. The quantitative estimate of drug-likeness (QED) is 0.620. The van der Waals surface area contributed by atoms with Gasteiger partial charge in [-0.25, -0.2) is 4.79 Å². The highest BCUT2D eigenvalue weighted by molar-refractivity contribution is 6.31. The molecule has 7 heteroatoms. The minimum Gasteiger partial charge on any atom is -0.462 e. The van der Waals surface area contributed by atoms with Crippen LogP contribution in [0.2, 0.25) is 5.02 Å². The summed E-state index contributed by atoms with van der Waals surface area (Å²) in [6, 6.07) is 12.4. The highest BCUT2D eigenvalue weighted by Crippen LogP contribution is 2.31. The number of carbonyl (C=O) groups is 2. The van der Waals surface area contributed by atoms with E-state index in [2.05, 4.69) is 15.6 Å². The number of hydrogen-bond acceptors (Lipinski definition) is 5. The van der Waals surface area contributed by atoms with Gasteiger partial charge in [-0.1, -0.05) is 11.6 Å². The summed E-state index contributed by atoms with van der Waals surface area (Å²) in [5, 5.41) is 7.21. The van der Waals surface area contributed by atoms with Crippen LogP contribution in [-0.2, 0) is 9.53 Å². The van der Waals surface area contributed by atoms with Gasteiger partial charge in [-0.15, -0.1) is 0 Å². The predicted molar refractivity (Wildman–Crippen MR) is 107 cm³/mol. The zero-order chi connectivity index (χ0) is 19.4. The topological polar surface area (TPSA) is 80.3 Å². The molecule has 0 spiro atoms. The van der Waals surface area contributed by atoms with Crippen molar-refractivity contribution in [1.29, 1.82) is 0 Å². The van der Waals surface area contributed by atoms with E-state index in [9.17, 15) is 9.59 Å². The molecule has 0 unspecified atom stereocenters. The summed E-state index contributed by atoms with van der Waals surface area (Å²) in [6.45, 7) is 3.46. The average Bonchev–Trinajstić information content (AvgIpc) is 2.63. The van der Waals surface area contributed by atoms with Gasteiger partial charge < -0.3 is 15.4 Å². The number of pyridine rings is 1. The Morgan fingerprint density at radius 3 is 2.48 bits per heavy atom. The van der Waals surface area contributed by atoms with Crippen molar-refractivity contribution in [3.63, 3.8) is 0 Å². The van der Waals surface area contributed by atoms with Crippen molar-refractivity contribution < 1.29 is 14.3 Å². The van der Waals surface area contributed by atoms with Crippen LogP contribution < -0.4 is 10.6 Å². The number of halogens is 1. The molecule has 138 valence electrons. The Labute approximate surface area is 161 Å². The number of nitrogens with zero attached hydrogens (tertiary/aromatic N) is 1. The third-order valence-electron chi connectivity index (χ3n) is 3.80. The Morgan fingerprint density at radius 2 is 1.81 bits per heavy atom. The van der Waals surface area contributed by atoms with Crippen LogP contribution >= 0.6 is 11.6 Å². The van der Waals surface area contributed by atoms with Gasteiger partial charge in [-0.3, -0.25) is 9.78 Å². The number of anilines is 3. The highest BCUT2D eigenvalue weighted by atomic mass is 35.5. The molecule has 1 aromatic heterocycles. The van der Waals surface area contributed by atoms with Crippen LogP contribution in [0.15, 0.2) is 48.7 Å². The number of benzene rings is 2. The third-order valence-corrected chi connectivity index (χ3v) is 4.04. The molecule has 0 aliphatic heterocycles. The molecule has 3 rings (SSSR count). The van der Waals surface area contributed by atoms with Crippen LogP contribution in [0.3, 0.4) is 0 Å². The monoisotopic (exact) mass is 383 g/mol. The van der Waals surface area contributed by atoms with Crippen molar-refractivity contribution in [2.75, 3.05) is 17.2 Å². The Kier molecular flexibility index (Phi) is 5.57. The summed E-state index contributed by atoms with van der Waals surface area (Å²) in [6.07, 6.45) is 1.49. The van der Waals surface area contributed by atoms with E-state index in [-0.39, 0.29) is 12.5 Å². The summed E-state index contributed by atoms with van der Waals surface area (Å²) >= 11 is 6.14. The minimum absolute atomic E-state index is 0.143. The van der Waals surface area contributed by atoms with Crippen LogP contribution in [0.4, 0.5) is 17.1 Å². The van der Waals surface area contributed by atoms with Gasteiger partial charge in [-0.05, 0) is 49.4 Å². The summed E-state index contributed by atoms with van der Waals surface area (Å²) in [5.41, 5.74) is 3.00. The first-order valence-electron chi connectivity index (χ1n) is 8.38. The smallest absolute Gasteiger partial charge is 0.341 e. The maximum Gasteiger partial charge on any atom is 0.341 e. The van der Waals surface area contributed by atoms with Crippen molar-refractivity contribution in [1.82, 2.24) is 4.98 Å². The number of ether oxygens (including phenoxy) is 1. The first kappa shape index (κ1) is 18.7. The molecule has 0 atom stereocenters. The Hall–Kier alpha value is -3.12. The molecule has 0 saturated carbocycles. The van der Waals surface area contributed by atoms with Crippen LogP contribution in [-0.4, -0.2) is 23.5 Å². The van der Waals surface area contributed by atoms with E-state index < -0.39 is 5.97 Å². The molecule has 1 amide bonds. The zero-order valence-electron chi connectivity index (χ0n) is 14.9. The zero-order valence-corrected chi connectivity index (χ0v) is 15.6. The summed E-state index contributed by atoms with van der Waals surface area (Å²) < 4.78 is 5.15. The second kappa shape index (κ2) is 8.05. The number of aromatic nitrogens is 1. The molecule has 0 bridgehead atoms. The van der Waals surface area contributed by atoms with Crippen LogP contribution in [0, 0.1) is 0 Å². The lowest BCUT2D eigenvalue weighted by molar-refractivity contribution is -0.114. The van der Waals surface area contributed by atoms with Gasteiger partial charge in [0.05, 0.1) is 17.8 Å². The van der Waals surface area contributed by atoms with Crippen LogP contribution in [0.1, 0.15) is 24.2 Å². The van der Waals surface area contributed by atoms with Crippen molar-refractivity contribution >= 4 is 51.4 Å². The molecule has 0 saturated heterocycles. The molecular formula is C20H18ClN3O3. The number of rotatable bonds is 5. The fraction of sp³-hybridized carbons (Fsp3) is 0.150. The van der Waals surface area contributed by atoms with Gasteiger partial charge in [-0.2, -0.15) is 0 Å². The van der Waals surface area contributed by atoms with E-state index in [4.69, 9.17) is 16.3 Å². The third kappa shape index (κ3) is 4.35. The lowest BCUT2D eigenvalue weighted by Gasteiger charge is -2.15. The number of esters is 1. The van der Waals surface area contributed by atoms with Gasteiger partial charge in [0.1, 0.15) is 5.56 Å². The summed E-state index contributed by atoms with van der Waals surface area (Å²) in [7, 11) is 0. The lowest BCUT2D eigenvalue weighted by atomic mass is 10.1. The number of fused-ring (bicyclic) bond motifs is 1. The second-order valence-corrected chi connectivity index (χ2v) is 6.25. The number of nitrogens with one attached hydrogen (secondary N) is 2. The van der Waals surface area contributed by atoms with Crippen LogP contribution in [0.5, 0.6) is 0 Å². The maximum absolute atomic E-state index is 12.4. The molecule has 0 fully saturated rings. The maximum atomic E-state index is 12.4. The molecule has 0 aliphatic rings. The Bertz CT molecular complexity index is 1000. The van der Waals surface area contributed by atoms with Gasteiger partial charge in [0.2, 0.25) is 5.91 Å². The standard InChI is InChI=1S/C20H18ClN3O3/c1-3-27-20(26)17-11-22-18-9-4-13(21)10-16(18)19(17)24-15-7-5-14(6-8-15)23-12(2)25/h4-11H,3H2,1-2H3,(H,22,24)(H,23,25). The van der Waals surface area contributed by atoms with Crippen LogP contribution in [0.25, 0.3) is 10.9 Å². The van der Waals surface area contributed by atoms with Gasteiger partial charge in [0.25, 0.3) is 0 Å². The molecule has 0 aliphatic carbocycles. The molecule has 2 aromatic carbocycles. The van der Waals surface area contributed by atoms with E-state index in [1.165, 1.54) is 13.1 Å². The largest absolute Gasteiger partial charge is 0.462 e. The first-order valence-corrected chi connectivity index (χ1v) is 8.75. The van der Waals surface area contributed by atoms with Crippen molar-refractivity contribution in [3.8, 4) is 0 Å². The molecule has 27 heavy (non-hydrogen) atoms. The summed E-state index contributed by atoms with van der Waals surface area (Å²) in [5.74, 6) is -0.612. The van der Waals surface area contributed by atoms with Crippen molar-refractivity contribution in [2.45, 2.75) is 13.8 Å². The van der Waals surface area contributed by atoms with Gasteiger partial charge >= 0.3 is 5.97 Å². The van der Waals surface area contributed by atoms with E-state index >= 15 is 0 Å². The number of hydrogen-bond donors (Lipinski definition) is 2. The number of amides is 1. The molecule has 6 nitrogen and oxygen atoms in total. The lowest BCUT2D eigenvalue weighted by Crippen LogP contribution is -2.09. The average molecular weight is 384 g/mol. The molecule has 3 aromatic rings. The van der Waals surface area contributed by atoms with E-state index in [1.54, 1.807) is 49.4 Å².